The Morgan fingerprint density at radius 1 is 1.44 bits per heavy atom. The van der Waals surface area contributed by atoms with Crippen molar-refractivity contribution in [2.24, 2.45) is 0 Å². The van der Waals surface area contributed by atoms with Gasteiger partial charge in [-0.1, -0.05) is 36.4 Å². The van der Waals surface area contributed by atoms with Gasteiger partial charge in [-0.3, -0.25) is 4.79 Å². The lowest BCUT2D eigenvalue weighted by Crippen LogP contribution is -2.32. The van der Waals surface area contributed by atoms with Crippen molar-refractivity contribution in [3.8, 4) is 0 Å². The molecule has 0 aromatic rings. The highest BCUT2D eigenvalue weighted by Crippen LogP contribution is 2.19. The van der Waals surface area contributed by atoms with Crippen LogP contribution in [0.25, 0.3) is 0 Å². The summed E-state index contributed by atoms with van der Waals surface area (Å²) < 4.78 is 2.88. The van der Waals surface area contributed by atoms with Crippen LogP contribution in [0.2, 0.25) is 0 Å². The van der Waals surface area contributed by atoms with E-state index >= 15 is 0 Å². The molecule has 102 valence electrons. The van der Waals surface area contributed by atoms with Gasteiger partial charge in [-0.2, -0.15) is 0 Å². The summed E-state index contributed by atoms with van der Waals surface area (Å²) in [6.07, 6.45) is 5.09. The van der Waals surface area contributed by atoms with Gasteiger partial charge in [0.05, 0.1) is 5.76 Å². The maximum absolute atomic E-state index is 11.1. The largest absolute Gasteiger partial charge is 0.513 e. The van der Waals surface area contributed by atoms with Gasteiger partial charge in [0, 0.05) is 5.75 Å². The first-order chi connectivity index (χ1) is 8.51. The summed E-state index contributed by atoms with van der Waals surface area (Å²) in [6.45, 7) is 7.19. The number of aliphatic carboxylic acids is 1. The van der Waals surface area contributed by atoms with Crippen LogP contribution in [0, 0.1) is 0 Å². The van der Waals surface area contributed by atoms with E-state index in [-0.39, 0.29) is 5.76 Å². The summed E-state index contributed by atoms with van der Waals surface area (Å²) >= 11 is 0. The SMILES string of the molecule is C=C/C(=C\C=C(/C)O)CC(NSSCC)C(=O)O. The molecule has 0 fully saturated rings. The third kappa shape index (κ3) is 8.27. The Balaban J connectivity index is 4.54. The van der Waals surface area contributed by atoms with E-state index in [1.165, 1.54) is 17.1 Å². The molecule has 0 rings (SSSR count). The minimum absolute atomic E-state index is 0.171. The maximum atomic E-state index is 11.1. The van der Waals surface area contributed by atoms with Crippen LogP contribution >= 0.6 is 21.8 Å². The Labute approximate surface area is 116 Å². The molecule has 0 spiro atoms. The van der Waals surface area contributed by atoms with Crippen LogP contribution in [0.5, 0.6) is 0 Å². The summed E-state index contributed by atoms with van der Waals surface area (Å²) in [5, 5.41) is 18.1. The number of aliphatic hydroxyl groups is 1. The molecule has 0 saturated carbocycles. The molecule has 0 amide bonds. The van der Waals surface area contributed by atoms with Crippen LogP contribution in [0.1, 0.15) is 20.3 Å². The van der Waals surface area contributed by atoms with Crippen molar-refractivity contribution in [2.45, 2.75) is 26.3 Å². The Bertz CT molecular complexity index is 336. The molecule has 0 aromatic carbocycles. The molecule has 6 heteroatoms. The van der Waals surface area contributed by atoms with Gasteiger partial charge in [0.25, 0.3) is 0 Å². The summed E-state index contributed by atoms with van der Waals surface area (Å²) in [6, 6.07) is -0.675. The van der Waals surface area contributed by atoms with E-state index in [0.29, 0.717) is 6.42 Å². The molecule has 1 unspecified atom stereocenters. The molecule has 0 bridgehead atoms. The van der Waals surface area contributed by atoms with Gasteiger partial charge in [0.2, 0.25) is 0 Å². The fourth-order valence-electron chi connectivity index (χ4n) is 1.01. The molecule has 3 N–H and O–H groups in total. The smallest absolute Gasteiger partial charge is 0.321 e. The van der Waals surface area contributed by atoms with Crippen molar-refractivity contribution >= 4 is 27.7 Å². The number of hydrogen-bond acceptors (Lipinski definition) is 5. The van der Waals surface area contributed by atoms with Crippen LogP contribution < -0.4 is 4.72 Å². The first-order valence-corrected chi connectivity index (χ1v) is 7.78. The lowest BCUT2D eigenvalue weighted by Gasteiger charge is -2.13. The van der Waals surface area contributed by atoms with E-state index in [9.17, 15) is 4.79 Å². The standard InChI is InChI=1S/C12H19NO3S2/c1-4-10(7-6-9(3)14)8-11(12(15)16)13-18-17-5-2/h4,6-7,11,13-14H,1,5,8H2,2-3H3,(H,15,16)/b9-6+,10-7+. The van der Waals surface area contributed by atoms with E-state index in [1.54, 1.807) is 29.9 Å². The van der Waals surface area contributed by atoms with Gasteiger partial charge in [-0.05, 0) is 36.0 Å². The van der Waals surface area contributed by atoms with Crippen LogP contribution in [-0.2, 0) is 4.79 Å². The average Bonchev–Trinajstić information content (AvgIpc) is 2.31. The predicted molar refractivity (Wildman–Crippen MR) is 79.6 cm³/mol. The normalized spacial score (nSPS) is 14.3. The molecule has 1 atom stereocenters. The Kier molecular flexibility index (Phi) is 9.63. The Morgan fingerprint density at radius 3 is 2.56 bits per heavy atom. The fourth-order valence-corrected chi connectivity index (χ4v) is 2.41. The van der Waals surface area contributed by atoms with Crippen molar-refractivity contribution in [1.29, 1.82) is 0 Å². The lowest BCUT2D eigenvalue weighted by atomic mass is 10.1. The second kappa shape index (κ2) is 10.1. The lowest BCUT2D eigenvalue weighted by molar-refractivity contribution is -0.138. The number of rotatable bonds is 9. The third-order valence-corrected chi connectivity index (χ3v) is 3.99. The number of carbonyl (C=O) groups is 1. The van der Waals surface area contributed by atoms with Crippen LogP contribution in [0.15, 0.2) is 36.1 Å². The summed E-state index contributed by atoms with van der Waals surface area (Å²) in [4.78, 5) is 11.1. The number of carboxylic acids is 1. The topological polar surface area (TPSA) is 69.6 Å². The van der Waals surface area contributed by atoms with Crippen LogP contribution in [0.4, 0.5) is 0 Å². The molecule has 18 heavy (non-hydrogen) atoms. The van der Waals surface area contributed by atoms with Gasteiger partial charge in [0.1, 0.15) is 6.04 Å². The molecule has 0 radical (unpaired) electrons. The first-order valence-electron chi connectivity index (χ1n) is 5.46. The molecule has 0 aliphatic rings. The highest BCUT2D eigenvalue weighted by Gasteiger charge is 2.17. The zero-order chi connectivity index (χ0) is 14.0. The van der Waals surface area contributed by atoms with Crippen molar-refractivity contribution < 1.29 is 15.0 Å². The van der Waals surface area contributed by atoms with Crippen molar-refractivity contribution in [2.75, 3.05) is 5.75 Å². The number of carboxylic acid groups (broad SMARTS) is 1. The van der Waals surface area contributed by atoms with Gasteiger partial charge in [-0.25, -0.2) is 4.72 Å². The molecule has 0 saturated heterocycles. The Morgan fingerprint density at radius 2 is 2.11 bits per heavy atom. The van der Waals surface area contributed by atoms with E-state index in [0.717, 1.165) is 11.3 Å². The zero-order valence-electron chi connectivity index (χ0n) is 10.5. The second-order valence-electron chi connectivity index (χ2n) is 3.46. The average molecular weight is 289 g/mol. The zero-order valence-corrected chi connectivity index (χ0v) is 12.2. The summed E-state index contributed by atoms with van der Waals surface area (Å²) in [5.74, 6) is 0.169. The fraction of sp³-hybridized carbons (Fsp3) is 0.417. The van der Waals surface area contributed by atoms with Crippen LogP contribution in [0.3, 0.4) is 0 Å². The van der Waals surface area contributed by atoms with Crippen LogP contribution in [-0.4, -0.2) is 28.0 Å². The van der Waals surface area contributed by atoms with Gasteiger partial charge < -0.3 is 10.2 Å². The van der Waals surface area contributed by atoms with E-state index < -0.39 is 12.0 Å². The maximum Gasteiger partial charge on any atom is 0.321 e. The minimum atomic E-state index is -0.906. The quantitative estimate of drug-likeness (QED) is 0.199. The van der Waals surface area contributed by atoms with Crippen molar-refractivity contribution in [3.63, 3.8) is 0 Å². The molecular weight excluding hydrogens is 270 g/mol. The molecule has 4 nitrogen and oxygen atoms in total. The number of allylic oxidation sites excluding steroid dienone is 4. The first kappa shape index (κ1) is 17.2. The van der Waals surface area contributed by atoms with E-state index in [2.05, 4.69) is 11.3 Å². The van der Waals surface area contributed by atoms with Crippen molar-refractivity contribution in [1.82, 2.24) is 4.72 Å². The molecule has 0 aliphatic heterocycles. The molecule has 0 heterocycles. The van der Waals surface area contributed by atoms with Gasteiger partial charge in [-0.15, -0.1) is 0 Å². The highest BCUT2D eigenvalue weighted by atomic mass is 33.1. The number of nitrogens with one attached hydrogen (secondary N) is 1. The van der Waals surface area contributed by atoms with E-state index in [1.807, 2.05) is 6.92 Å². The second-order valence-corrected chi connectivity index (χ2v) is 5.88. The molecular formula is C12H19NO3S2. The summed E-state index contributed by atoms with van der Waals surface area (Å²) in [7, 11) is 2.88. The molecule has 0 aromatic heterocycles. The van der Waals surface area contributed by atoms with Gasteiger partial charge >= 0.3 is 5.97 Å². The van der Waals surface area contributed by atoms with Gasteiger partial charge in [0.15, 0.2) is 0 Å². The van der Waals surface area contributed by atoms with Crippen molar-refractivity contribution in [3.05, 3.63) is 36.1 Å². The third-order valence-electron chi connectivity index (χ3n) is 1.91. The molecule has 0 aliphatic carbocycles. The number of aliphatic hydroxyl groups excluding tert-OH is 1. The summed E-state index contributed by atoms with van der Waals surface area (Å²) in [5.41, 5.74) is 0.755. The monoisotopic (exact) mass is 289 g/mol. The Hall–Kier alpha value is -0.850. The minimum Gasteiger partial charge on any atom is -0.513 e. The highest BCUT2D eigenvalue weighted by molar-refractivity contribution is 8.76. The number of hydrogen-bond donors (Lipinski definition) is 3. The predicted octanol–water partition coefficient (Wildman–Crippen LogP) is 3.31. The van der Waals surface area contributed by atoms with E-state index in [4.69, 9.17) is 10.2 Å².